The molecule has 8 nitrogen and oxygen atoms in total. The van der Waals surface area contributed by atoms with Crippen LogP contribution in [-0.4, -0.2) is 40.0 Å². The molecule has 29 heavy (non-hydrogen) atoms. The minimum absolute atomic E-state index is 0.215. The van der Waals surface area contributed by atoms with Gasteiger partial charge in [-0.15, -0.1) is 10.2 Å². The van der Waals surface area contributed by atoms with Crippen LogP contribution in [0.25, 0.3) is 17.2 Å². The van der Waals surface area contributed by atoms with Gasteiger partial charge in [-0.25, -0.2) is 14.1 Å². The Labute approximate surface area is 167 Å². The monoisotopic (exact) mass is 394 g/mol. The highest BCUT2D eigenvalue weighted by Crippen LogP contribution is 2.24. The Morgan fingerprint density at radius 2 is 1.83 bits per heavy atom. The molecule has 3 aromatic heterocycles. The fourth-order valence-corrected chi connectivity index (χ4v) is 3.33. The van der Waals surface area contributed by atoms with Crippen molar-refractivity contribution in [1.82, 2.24) is 40.0 Å². The molecular weight excluding hydrogens is 371 g/mol. The summed E-state index contributed by atoms with van der Waals surface area (Å²) in [5.74, 6) is 1.74. The quantitative estimate of drug-likeness (QED) is 0.495. The van der Waals surface area contributed by atoms with Crippen LogP contribution in [0.4, 0.5) is 4.39 Å². The molecule has 9 heteroatoms. The van der Waals surface area contributed by atoms with Crippen LogP contribution in [0.5, 0.6) is 0 Å². The van der Waals surface area contributed by atoms with Crippen LogP contribution < -0.4 is 0 Å². The number of aromatic nitrogens is 8. The Bertz CT molecular complexity index is 1060. The first kappa shape index (κ1) is 19.0. The van der Waals surface area contributed by atoms with E-state index in [0.717, 1.165) is 48.6 Å². The number of tetrazole rings is 1. The highest BCUT2D eigenvalue weighted by Gasteiger charge is 2.17. The fourth-order valence-electron chi connectivity index (χ4n) is 3.33. The molecule has 4 rings (SSSR count). The number of halogens is 1. The minimum atomic E-state index is -0.397. The molecular formula is C20H23FN8. The van der Waals surface area contributed by atoms with Gasteiger partial charge in [0.05, 0.1) is 6.54 Å². The summed E-state index contributed by atoms with van der Waals surface area (Å²) in [4.78, 5) is 4.68. The zero-order valence-electron chi connectivity index (χ0n) is 16.5. The number of hydrogen-bond donors (Lipinski definition) is 1. The van der Waals surface area contributed by atoms with Crippen LogP contribution in [0.15, 0.2) is 36.5 Å². The molecule has 0 aliphatic rings. The van der Waals surface area contributed by atoms with Crippen molar-refractivity contribution in [3.05, 3.63) is 59.6 Å². The Morgan fingerprint density at radius 1 is 1.03 bits per heavy atom. The lowest BCUT2D eigenvalue weighted by atomic mass is 10.2. The maximum Gasteiger partial charge on any atom is 0.224 e. The van der Waals surface area contributed by atoms with E-state index in [4.69, 9.17) is 0 Å². The van der Waals surface area contributed by atoms with Crippen molar-refractivity contribution in [2.45, 2.75) is 46.1 Å². The van der Waals surface area contributed by atoms with Gasteiger partial charge in [-0.05, 0) is 41.8 Å². The first-order chi connectivity index (χ1) is 14.2. The van der Waals surface area contributed by atoms with Crippen molar-refractivity contribution >= 4 is 0 Å². The zero-order chi connectivity index (χ0) is 20.2. The topological polar surface area (TPSA) is 90.1 Å². The first-order valence-electron chi connectivity index (χ1n) is 9.82. The molecule has 0 unspecified atom stereocenters. The lowest BCUT2D eigenvalue weighted by Crippen LogP contribution is -2.07. The smallest absolute Gasteiger partial charge is 0.224 e. The standard InChI is InChI=1S/C20H23FN8/c1-3-5-17-22-18(6-4-2)29(25-17)13-14-7-9-15(10-8-14)28-12-11-16(21)19(28)20-23-26-27-24-20/h7-12H,3-6,13H2,1-2H3,(H,23,24,26,27). The number of hydrogen-bond acceptors (Lipinski definition) is 5. The molecule has 1 aromatic carbocycles. The number of nitrogens with zero attached hydrogens (tertiary/aromatic N) is 7. The summed E-state index contributed by atoms with van der Waals surface area (Å²) in [5.41, 5.74) is 2.20. The second-order valence-corrected chi connectivity index (χ2v) is 6.89. The molecule has 0 fully saturated rings. The van der Waals surface area contributed by atoms with E-state index >= 15 is 0 Å². The molecule has 0 aliphatic heterocycles. The molecule has 0 spiro atoms. The molecule has 0 radical (unpaired) electrons. The molecule has 0 atom stereocenters. The zero-order valence-corrected chi connectivity index (χ0v) is 16.5. The Hall–Kier alpha value is -3.36. The summed E-state index contributed by atoms with van der Waals surface area (Å²) in [7, 11) is 0. The summed E-state index contributed by atoms with van der Waals surface area (Å²) in [6.07, 6.45) is 5.51. The Morgan fingerprint density at radius 3 is 2.52 bits per heavy atom. The van der Waals surface area contributed by atoms with Crippen molar-refractivity contribution in [1.29, 1.82) is 0 Å². The number of aromatic amines is 1. The predicted octanol–water partition coefficient (Wildman–Crippen LogP) is 3.34. The molecule has 150 valence electrons. The molecule has 0 saturated heterocycles. The van der Waals surface area contributed by atoms with E-state index < -0.39 is 5.82 Å². The lowest BCUT2D eigenvalue weighted by molar-refractivity contribution is 0.623. The maximum atomic E-state index is 14.2. The lowest BCUT2D eigenvalue weighted by Gasteiger charge is -2.09. The first-order valence-corrected chi connectivity index (χ1v) is 9.82. The van der Waals surface area contributed by atoms with Crippen LogP contribution in [-0.2, 0) is 19.4 Å². The van der Waals surface area contributed by atoms with E-state index in [9.17, 15) is 4.39 Å². The number of aryl methyl sites for hydroxylation is 2. The summed E-state index contributed by atoms with van der Waals surface area (Å²) < 4.78 is 17.9. The molecule has 0 bridgehead atoms. The summed E-state index contributed by atoms with van der Waals surface area (Å²) in [6.45, 7) is 4.93. The van der Waals surface area contributed by atoms with E-state index in [0.29, 0.717) is 6.54 Å². The van der Waals surface area contributed by atoms with Gasteiger partial charge in [0.15, 0.2) is 11.6 Å². The number of nitrogens with one attached hydrogen (secondary N) is 1. The normalized spacial score (nSPS) is 11.3. The summed E-state index contributed by atoms with van der Waals surface area (Å²) in [6, 6.07) is 9.32. The van der Waals surface area contributed by atoms with Gasteiger partial charge in [-0.1, -0.05) is 26.0 Å². The van der Waals surface area contributed by atoms with E-state index in [1.807, 2.05) is 28.9 Å². The Balaban J connectivity index is 1.59. The summed E-state index contributed by atoms with van der Waals surface area (Å²) in [5, 5.41) is 18.3. The van der Waals surface area contributed by atoms with E-state index in [1.165, 1.54) is 6.07 Å². The van der Waals surface area contributed by atoms with Crippen LogP contribution in [0.3, 0.4) is 0 Å². The van der Waals surface area contributed by atoms with Crippen molar-refractivity contribution in [2.75, 3.05) is 0 Å². The van der Waals surface area contributed by atoms with E-state index in [1.54, 1.807) is 10.8 Å². The van der Waals surface area contributed by atoms with Gasteiger partial charge in [0.2, 0.25) is 5.82 Å². The van der Waals surface area contributed by atoms with E-state index in [2.05, 4.69) is 44.6 Å². The molecule has 0 amide bonds. The third-order valence-corrected chi connectivity index (χ3v) is 4.68. The van der Waals surface area contributed by atoms with Gasteiger partial charge in [-0.3, -0.25) is 0 Å². The van der Waals surface area contributed by atoms with Crippen molar-refractivity contribution in [3.8, 4) is 17.2 Å². The van der Waals surface area contributed by atoms with Gasteiger partial charge in [-0.2, -0.15) is 10.3 Å². The molecule has 0 saturated carbocycles. The molecule has 3 heterocycles. The SMILES string of the molecule is CCCc1nc(CCC)n(Cc2ccc(-n3ccc(F)c3-c3nn[nH]n3)cc2)n1. The number of rotatable bonds is 8. The van der Waals surface area contributed by atoms with Gasteiger partial charge >= 0.3 is 0 Å². The van der Waals surface area contributed by atoms with Crippen LogP contribution in [0.1, 0.15) is 43.9 Å². The highest BCUT2D eigenvalue weighted by molar-refractivity contribution is 5.55. The maximum absolute atomic E-state index is 14.2. The van der Waals surface area contributed by atoms with Gasteiger partial charge in [0.25, 0.3) is 0 Å². The van der Waals surface area contributed by atoms with Crippen LogP contribution >= 0.6 is 0 Å². The Kier molecular flexibility index (Phi) is 5.46. The number of H-pyrrole nitrogens is 1. The average Bonchev–Trinajstić information content (AvgIpc) is 3.44. The molecule has 1 N–H and O–H groups in total. The predicted molar refractivity (Wildman–Crippen MR) is 106 cm³/mol. The second-order valence-electron chi connectivity index (χ2n) is 6.89. The van der Waals surface area contributed by atoms with Crippen LogP contribution in [0, 0.1) is 5.82 Å². The van der Waals surface area contributed by atoms with Crippen LogP contribution in [0.2, 0.25) is 0 Å². The van der Waals surface area contributed by atoms with Gasteiger partial charge < -0.3 is 4.57 Å². The summed E-state index contributed by atoms with van der Waals surface area (Å²) >= 11 is 0. The van der Waals surface area contributed by atoms with E-state index in [-0.39, 0.29) is 11.5 Å². The second kappa shape index (κ2) is 8.34. The molecule has 4 aromatic rings. The minimum Gasteiger partial charge on any atom is -0.311 e. The largest absolute Gasteiger partial charge is 0.311 e. The number of benzene rings is 1. The highest BCUT2D eigenvalue weighted by atomic mass is 19.1. The van der Waals surface area contributed by atoms with Crippen molar-refractivity contribution in [3.63, 3.8) is 0 Å². The average molecular weight is 394 g/mol. The molecule has 0 aliphatic carbocycles. The van der Waals surface area contributed by atoms with Crippen molar-refractivity contribution < 1.29 is 4.39 Å². The van der Waals surface area contributed by atoms with Gasteiger partial charge in [0.1, 0.15) is 11.5 Å². The fraction of sp³-hybridized carbons (Fsp3) is 0.350. The third-order valence-electron chi connectivity index (χ3n) is 4.68. The van der Waals surface area contributed by atoms with Crippen molar-refractivity contribution in [2.24, 2.45) is 0 Å². The third kappa shape index (κ3) is 3.94. The van der Waals surface area contributed by atoms with Gasteiger partial charge in [0, 0.05) is 24.7 Å².